The number of aliphatic hydroxyl groups is 1. The first-order valence-corrected chi connectivity index (χ1v) is 13.7. The molecule has 0 saturated carbocycles. The molecule has 3 aromatic rings. The normalized spacial score (nSPS) is 20.9. The summed E-state index contributed by atoms with van der Waals surface area (Å²) >= 11 is 0. The number of aromatic nitrogens is 2. The summed E-state index contributed by atoms with van der Waals surface area (Å²) in [6.45, 7) is 3.10. The third-order valence-electron chi connectivity index (χ3n) is 7.08. The van der Waals surface area contributed by atoms with Crippen molar-refractivity contribution in [3.8, 4) is 11.5 Å². The van der Waals surface area contributed by atoms with Crippen LogP contribution in [0.3, 0.4) is 0 Å². The highest BCUT2D eigenvalue weighted by molar-refractivity contribution is 5.90. The second kappa shape index (κ2) is 12.8. The standard InChI is InChI=1S/C29H35N7O5/c1-18(37)27-29(39)30-10-12-41-24-14-21(8-9-23(24)40-2)34-26-15-25(31-17-32-26)33-20-6-3-5-19(13-20)16-36-11-4-7-22(36)28(38)35-27/h3,5-6,8-9,13-15,17-18,22,27,37H,4,7,10-12,16H2,1-2H3,(H,30,39)(H,35,38)(H2,31,32,33,34)/t18-,22-,27-/m0/s1. The average molecular weight is 562 g/mol. The number of amides is 2. The number of hydrogen-bond acceptors (Lipinski definition) is 10. The molecule has 0 radical (unpaired) electrons. The number of fused-ring (bicyclic) bond motifs is 7. The molecule has 2 aliphatic rings. The van der Waals surface area contributed by atoms with Crippen LogP contribution in [0.1, 0.15) is 25.3 Å². The largest absolute Gasteiger partial charge is 0.493 e. The van der Waals surface area contributed by atoms with E-state index in [0.29, 0.717) is 36.1 Å². The highest BCUT2D eigenvalue weighted by Crippen LogP contribution is 2.31. The van der Waals surface area contributed by atoms with Gasteiger partial charge in [0.05, 0.1) is 25.8 Å². The Kier molecular flexibility index (Phi) is 8.80. The van der Waals surface area contributed by atoms with Crippen LogP contribution in [0.5, 0.6) is 11.5 Å². The molecule has 1 fully saturated rings. The molecule has 0 unspecified atom stereocenters. The van der Waals surface area contributed by atoms with E-state index in [0.717, 1.165) is 29.9 Å². The Balaban J connectivity index is 1.43. The number of rotatable bonds is 2. The van der Waals surface area contributed by atoms with Gasteiger partial charge in [0.25, 0.3) is 0 Å². The summed E-state index contributed by atoms with van der Waals surface area (Å²) in [5, 5.41) is 22.4. The summed E-state index contributed by atoms with van der Waals surface area (Å²) in [6, 6.07) is 13.6. The number of aliphatic hydroxyl groups excluding tert-OH is 1. The predicted molar refractivity (Wildman–Crippen MR) is 154 cm³/mol. The minimum atomic E-state index is -1.09. The van der Waals surface area contributed by atoms with E-state index in [1.807, 2.05) is 30.3 Å². The van der Waals surface area contributed by atoms with E-state index in [-0.39, 0.29) is 19.1 Å². The van der Waals surface area contributed by atoms with Gasteiger partial charge in [-0.15, -0.1) is 0 Å². The quantitative estimate of drug-likeness (QED) is 0.315. The van der Waals surface area contributed by atoms with Crippen LogP contribution in [0.15, 0.2) is 54.9 Å². The Hall–Kier alpha value is -4.42. The molecule has 3 heterocycles. The van der Waals surface area contributed by atoms with Crippen molar-refractivity contribution in [3.63, 3.8) is 0 Å². The van der Waals surface area contributed by atoms with Gasteiger partial charge >= 0.3 is 0 Å². The molecule has 0 aliphatic carbocycles. The summed E-state index contributed by atoms with van der Waals surface area (Å²) in [7, 11) is 1.55. The summed E-state index contributed by atoms with van der Waals surface area (Å²) in [5.41, 5.74) is 2.59. The zero-order valence-corrected chi connectivity index (χ0v) is 23.1. The molecule has 5 N–H and O–H groups in total. The molecule has 3 atom stereocenters. The van der Waals surface area contributed by atoms with Gasteiger partial charge in [-0.05, 0) is 56.1 Å². The van der Waals surface area contributed by atoms with E-state index in [2.05, 4.69) is 36.1 Å². The topological polar surface area (TPSA) is 150 Å². The second-order valence-corrected chi connectivity index (χ2v) is 10.1. The van der Waals surface area contributed by atoms with Crippen molar-refractivity contribution in [2.45, 2.75) is 44.5 Å². The van der Waals surface area contributed by atoms with Crippen molar-refractivity contribution < 1.29 is 24.2 Å². The van der Waals surface area contributed by atoms with Crippen molar-refractivity contribution in [2.75, 3.05) is 37.4 Å². The zero-order chi connectivity index (χ0) is 28.8. The lowest BCUT2D eigenvalue weighted by Gasteiger charge is -2.27. The van der Waals surface area contributed by atoms with Crippen LogP contribution < -0.4 is 30.7 Å². The van der Waals surface area contributed by atoms with E-state index < -0.39 is 24.1 Å². The van der Waals surface area contributed by atoms with Crippen LogP contribution in [-0.2, 0) is 16.1 Å². The number of benzene rings is 2. The molecule has 216 valence electrons. The van der Waals surface area contributed by atoms with Crippen molar-refractivity contribution in [1.82, 2.24) is 25.5 Å². The zero-order valence-electron chi connectivity index (χ0n) is 23.1. The predicted octanol–water partition coefficient (Wildman–Crippen LogP) is 2.31. The van der Waals surface area contributed by atoms with E-state index in [4.69, 9.17) is 9.47 Å². The fraction of sp³-hybridized carbons (Fsp3) is 0.379. The Morgan fingerprint density at radius 1 is 1.05 bits per heavy atom. The maximum Gasteiger partial charge on any atom is 0.245 e. The van der Waals surface area contributed by atoms with Gasteiger partial charge in [0.15, 0.2) is 11.5 Å². The molecular weight excluding hydrogens is 526 g/mol. The minimum Gasteiger partial charge on any atom is -0.493 e. The van der Waals surface area contributed by atoms with E-state index in [9.17, 15) is 14.7 Å². The third kappa shape index (κ3) is 7.02. The monoisotopic (exact) mass is 561 g/mol. The molecule has 12 heteroatoms. The number of nitrogens with zero attached hydrogens (tertiary/aromatic N) is 3. The first-order chi connectivity index (χ1) is 19.9. The number of methoxy groups -OCH3 is 1. The van der Waals surface area contributed by atoms with E-state index >= 15 is 0 Å². The van der Waals surface area contributed by atoms with Crippen LogP contribution in [0.2, 0.25) is 0 Å². The molecule has 1 saturated heterocycles. The Bertz CT molecular complexity index is 1390. The van der Waals surface area contributed by atoms with Crippen LogP contribution in [-0.4, -0.2) is 76.8 Å². The molecule has 41 heavy (non-hydrogen) atoms. The van der Waals surface area contributed by atoms with Crippen LogP contribution >= 0.6 is 0 Å². The maximum atomic E-state index is 13.3. The molecule has 5 rings (SSSR count). The molecule has 0 spiro atoms. The van der Waals surface area contributed by atoms with Crippen LogP contribution in [0, 0.1) is 0 Å². The molecule has 12 nitrogen and oxygen atoms in total. The molecule has 2 amide bonds. The van der Waals surface area contributed by atoms with Gasteiger partial charge in [0.2, 0.25) is 11.8 Å². The second-order valence-electron chi connectivity index (χ2n) is 10.1. The van der Waals surface area contributed by atoms with E-state index in [1.54, 1.807) is 25.3 Å². The molecule has 2 aliphatic heterocycles. The van der Waals surface area contributed by atoms with Crippen molar-refractivity contribution in [1.29, 1.82) is 0 Å². The Labute approximate surface area is 238 Å². The van der Waals surface area contributed by atoms with E-state index in [1.165, 1.54) is 13.3 Å². The molecule has 6 bridgehead atoms. The number of nitrogens with one attached hydrogen (secondary N) is 4. The lowest BCUT2D eigenvalue weighted by Crippen LogP contribution is -2.56. The van der Waals surface area contributed by atoms with Crippen molar-refractivity contribution in [3.05, 3.63) is 60.4 Å². The highest BCUT2D eigenvalue weighted by atomic mass is 16.5. The van der Waals surface area contributed by atoms with Gasteiger partial charge in [-0.25, -0.2) is 9.97 Å². The molecule has 2 aromatic carbocycles. The van der Waals surface area contributed by atoms with Gasteiger partial charge in [0, 0.05) is 30.1 Å². The van der Waals surface area contributed by atoms with Gasteiger partial charge in [0.1, 0.15) is 30.6 Å². The number of carbonyl (C=O) groups excluding carboxylic acids is 2. The maximum absolute atomic E-state index is 13.3. The summed E-state index contributed by atoms with van der Waals surface area (Å²) in [6.07, 6.45) is 1.93. The van der Waals surface area contributed by atoms with Crippen LogP contribution in [0.4, 0.5) is 23.0 Å². The van der Waals surface area contributed by atoms with Crippen molar-refractivity contribution in [2.24, 2.45) is 0 Å². The number of hydrogen-bond donors (Lipinski definition) is 5. The lowest BCUT2D eigenvalue weighted by molar-refractivity contribution is -0.133. The number of ether oxygens (including phenoxy) is 2. The summed E-state index contributed by atoms with van der Waals surface area (Å²) in [4.78, 5) is 37.0. The first kappa shape index (κ1) is 28.1. The third-order valence-corrected chi connectivity index (χ3v) is 7.08. The lowest BCUT2D eigenvalue weighted by atomic mass is 10.1. The number of carbonyl (C=O) groups is 2. The molecular formula is C29H35N7O5. The Morgan fingerprint density at radius 2 is 1.83 bits per heavy atom. The van der Waals surface area contributed by atoms with Crippen LogP contribution in [0.25, 0.3) is 0 Å². The van der Waals surface area contributed by atoms with Crippen molar-refractivity contribution >= 4 is 34.8 Å². The SMILES string of the molecule is COc1ccc2cc1OCCNC(=O)[C@H]([C@H](C)O)NC(=O)[C@@H]1CCCN1Cc1cccc(c1)Nc1cc(ncn1)N2. The summed E-state index contributed by atoms with van der Waals surface area (Å²) < 4.78 is 11.3. The minimum absolute atomic E-state index is 0.141. The van der Waals surface area contributed by atoms with Gasteiger partial charge < -0.3 is 35.8 Å². The number of anilines is 4. The fourth-order valence-electron chi connectivity index (χ4n) is 5.05. The van der Waals surface area contributed by atoms with Gasteiger partial charge in [-0.2, -0.15) is 0 Å². The first-order valence-electron chi connectivity index (χ1n) is 13.7. The smallest absolute Gasteiger partial charge is 0.245 e. The van der Waals surface area contributed by atoms with Gasteiger partial charge in [-0.1, -0.05) is 12.1 Å². The highest BCUT2D eigenvalue weighted by Gasteiger charge is 2.34. The fourth-order valence-corrected chi connectivity index (χ4v) is 5.05. The Morgan fingerprint density at radius 3 is 2.59 bits per heavy atom. The molecule has 1 aromatic heterocycles. The summed E-state index contributed by atoms with van der Waals surface area (Å²) in [5.74, 6) is 1.43. The van der Waals surface area contributed by atoms with Gasteiger partial charge in [-0.3, -0.25) is 14.5 Å². The average Bonchev–Trinajstić information content (AvgIpc) is 3.42.